The zero-order valence-corrected chi connectivity index (χ0v) is 20.6. The number of aryl methyl sites for hydroxylation is 2. The number of nitrogens with one attached hydrogen (secondary N) is 1. The topological polar surface area (TPSA) is 99.9 Å². The molecule has 4 rings (SSSR count). The van der Waals surface area contributed by atoms with E-state index in [4.69, 9.17) is 14.2 Å². The number of carbonyl (C=O) groups excluding carboxylic acids is 1. The van der Waals surface area contributed by atoms with E-state index in [2.05, 4.69) is 20.4 Å². The van der Waals surface area contributed by atoms with Crippen molar-refractivity contribution < 1.29 is 19.0 Å². The lowest BCUT2D eigenvalue weighted by molar-refractivity contribution is -0.121. The Morgan fingerprint density at radius 3 is 2.20 bits per heavy atom. The predicted octanol–water partition coefficient (Wildman–Crippen LogP) is 3.68. The normalized spacial score (nSPS) is 10.9. The van der Waals surface area contributed by atoms with Gasteiger partial charge in [-0.3, -0.25) is 4.79 Å². The van der Waals surface area contributed by atoms with Gasteiger partial charge in [0.25, 0.3) is 5.78 Å². The summed E-state index contributed by atoms with van der Waals surface area (Å²) in [6.45, 7) is 4.37. The average Bonchev–Trinajstić information content (AvgIpc) is 3.31. The second kappa shape index (κ2) is 10.4. The molecule has 2 heterocycles. The van der Waals surface area contributed by atoms with Gasteiger partial charge in [-0.05, 0) is 55.7 Å². The third-order valence-electron chi connectivity index (χ3n) is 5.91. The fourth-order valence-electron chi connectivity index (χ4n) is 3.90. The predicted molar refractivity (Wildman–Crippen MR) is 132 cm³/mol. The number of carbonyl (C=O) groups is 1. The molecule has 0 radical (unpaired) electrons. The number of hydrogen-bond donors (Lipinski definition) is 1. The lowest BCUT2D eigenvalue weighted by atomic mass is 10.1. The molecule has 182 valence electrons. The third kappa shape index (κ3) is 5.34. The number of fused-ring (bicyclic) bond motifs is 1. The van der Waals surface area contributed by atoms with Crippen LogP contribution in [0, 0.1) is 13.8 Å². The van der Waals surface area contributed by atoms with Crippen LogP contribution in [-0.2, 0) is 17.8 Å². The second-order valence-electron chi connectivity index (χ2n) is 8.13. The van der Waals surface area contributed by atoms with Gasteiger partial charge in [0.2, 0.25) is 5.91 Å². The molecule has 9 heteroatoms. The summed E-state index contributed by atoms with van der Waals surface area (Å²) in [7, 11) is 4.83. The van der Waals surface area contributed by atoms with Gasteiger partial charge in [0.1, 0.15) is 17.2 Å². The van der Waals surface area contributed by atoms with Crippen LogP contribution < -0.4 is 19.5 Å². The molecular formula is C26H29N5O4. The van der Waals surface area contributed by atoms with Crippen LogP contribution >= 0.6 is 0 Å². The van der Waals surface area contributed by atoms with Crippen molar-refractivity contribution in [2.24, 2.45) is 0 Å². The Labute approximate surface area is 204 Å². The van der Waals surface area contributed by atoms with E-state index >= 15 is 0 Å². The number of nitrogens with zero attached hydrogens (tertiary/aromatic N) is 4. The van der Waals surface area contributed by atoms with Crippen molar-refractivity contribution in [3.05, 3.63) is 65.0 Å². The van der Waals surface area contributed by atoms with Crippen molar-refractivity contribution in [1.82, 2.24) is 24.9 Å². The van der Waals surface area contributed by atoms with Crippen LogP contribution in [0.1, 0.15) is 28.9 Å². The van der Waals surface area contributed by atoms with E-state index in [-0.39, 0.29) is 5.91 Å². The molecule has 0 spiro atoms. The molecule has 0 saturated carbocycles. The summed E-state index contributed by atoms with van der Waals surface area (Å²) >= 11 is 0. The number of ether oxygens (including phenoxy) is 3. The highest BCUT2D eigenvalue weighted by molar-refractivity contribution is 5.76. The molecule has 4 aromatic rings. The van der Waals surface area contributed by atoms with E-state index in [1.54, 1.807) is 31.9 Å². The third-order valence-corrected chi connectivity index (χ3v) is 5.91. The standard InChI is InChI=1S/C26H29N5O4/c1-16-23(10-11-24(32)27-15-18-6-8-20(33-3)9-7-18)17(2)31-26(28-16)29-25(30-31)19-12-21(34-4)14-22(13-19)35-5/h6-9,12-14H,10-11,15H2,1-5H3,(H,27,32). The van der Waals surface area contributed by atoms with Crippen LogP contribution in [0.15, 0.2) is 42.5 Å². The summed E-state index contributed by atoms with van der Waals surface area (Å²) < 4.78 is 17.6. The summed E-state index contributed by atoms with van der Waals surface area (Å²) in [6.07, 6.45) is 0.900. The molecule has 0 unspecified atom stereocenters. The molecule has 0 saturated heterocycles. The maximum Gasteiger partial charge on any atom is 0.253 e. The summed E-state index contributed by atoms with van der Waals surface area (Å²) in [5, 5.41) is 7.64. The lowest BCUT2D eigenvalue weighted by Gasteiger charge is -2.11. The van der Waals surface area contributed by atoms with Crippen molar-refractivity contribution in [3.8, 4) is 28.6 Å². The quantitative estimate of drug-likeness (QED) is 0.394. The number of rotatable bonds is 9. The molecule has 2 aromatic carbocycles. The maximum atomic E-state index is 12.5. The molecule has 0 aliphatic carbocycles. The van der Waals surface area contributed by atoms with Gasteiger partial charge in [0.15, 0.2) is 5.82 Å². The Kier molecular flexibility index (Phi) is 7.14. The second-order valence-corrected chi connectivity index (χ2v) is 8.13. The molecule has 0 bridgehead atoms. The van der Waals surface area contributed by atoms with Crippen molar-refractivity contribution in [2.45, 2.75) is 33.2 Å². The Balaban J connectivity index is 1.49. The molecule has 1 amide bonds. The van der Waals surface area contributed by atoms with Crippen molar-refractivity contribution in [2.75, 3.05) is 21.3 Å². The van der Waals surface area contributed by atoms with Crippen LogP contribution in [0.3, 0.4) is 0 Å². The van der Waals surface area contributed by atoms with E-state index in [0.717, 1.165) is 33.8 Å². The maximum absolute atomic E-state index is 12.5. The monoisotopic (exact) mass is 475 g/mol. The number of methoxy groups -OCH3 is 3. The first-order valence-corrected chi connectivity index (χ1v) is 11.3. The molecule has 0 fully saturated rings. The largest absolute Gasteiger partial charge is 0.497 e. The van der Waals surface area contributed by atoms with Gasteiger partial charge in [-0.25, -0.2) is 9.50 Å². The zero-order chi connectivity index (χ0) is 24.9. The Morgan fingerprint density at radius 2 is 1.57 bits per heavy atom. The minimum Gasteiger partial charge on any atom is -0.497 e. The smallest absolute Gasteiger partial charge is 0.253 e. The molecule has 0 aliphatic rings. The van der Waals surface area contributed by atoms with Crippen molar-refractivity contribution in [1.29, 1.82) is 0 Å². The average molecular weight is 476 g/mol. The molecule has 0 aliphatic heterocycles. The van der Waals surface area contributed by atoms with E-state index in [9.17, 15) is 4.79 Å². The zero-order valence-electron chi connectivity index (χ0n) is 20.6. The van der Waals surface area contributed by atoms with Crippen molar-refractivity contribution >= 4 is 11.7 Å². The van der Waals surface area contributed by atoms with E-state index in [1.807, 2.05) is 50.2 Å². The van der Waals surface area contributed by atoms with Crippen LogP contribution in [-0.4, -0.2) is 46.8 Å². The Hall–Kier alpha value is -4.14. The van der Waals surface area contributed by atoms with Gasteiger partial charge in [-0.1, -0.05) is 12.1 Å². The highest BCUT2D eigenvalue weighted by atomic mass is 16.5. The molecule has 1 N–H and O–H groups in total. The molecule has 2 aromatic heterocycles. The van der Waals surface area contributed by atoms with E-state index < -0.39 is 0 Å². The minimum atomic E-state index is -0.0255. The van der Waals surface area contributed by atoms with Crippen LogP contribution in [0.25, 0.3) is 17.2 Å². The fraction of sp³-hybridized carbons (Fsp3) is 0.308. The van der Waals surface area contributed by atoms with Gasteiger partial charge >= 0.3 is 0 Å². The summed E-state index contributed by atoms with van der Waals surface area (Å²) in [5.41, 5.74) is 4.50. The van der Waals surface area contributed by atoms with Gasteiger partial charge in [-0.15, -0.1) is 5.10 Å². The lowest BCUT2D eigenvalue weighted by Crippen LogP contribution is -2.23. The summed E-state index contributed by atoms with van der Waals surface area (Å²) in [5.74, 6) is 3.09. The Morgan fingerprint density at radius 1 is 0.914 bits per heavy atom. The van der Waals surface area contributed by atoms with Crippen LogP contribution in [0.2, 0.25) is 0 Å². The molecular weight excluding hydrogens is 446 g/mol. The van der Waals surface area contributed by atoms with Gasteiger partial charge in [-0.2, -0.15) is 4.98 Å². The highest BCUT2D eigenvalue weighted by Gasteiger charge is 2.16. The molecule has 35 heavy (non-hydrogen) atoms. The van der Waals surface area contributed by atoms with Crippen LogP contribution in [0.4, 0.5) is 0 Å². The van der Waals surface area contributed by atoms with Gasteiger partial charge < -0.3 is 19.5 Å². The highest BCUT2D eigenvalue weighted by Crippen LogP contribution is 2.28. The Bertz CT molecular complexity index is 1330. The minimum absolute atomic E-state index is 0.0255. The first kappa shape index (κ1) is 24.0. The first-order chi connectivity index (χ1) is 16.9. The summed E-state index contributed by atoms with van der Waals surface area (Å²) in [4.78, 5) is 21.7. The van der Waals surface area contributed by atoms with E-state index in [1.165, 1.54) is 0 Å². The number of amides is 1. The van der Waals surface area contributed by atoms with E-state index in [0.29, 0.717) is 42.5 Å². The summed E-state index contributed by atoms with van der Waals surface area (Å²) in [6, 6.07) is 13.1. The molecule has 9 nitrogen and oxygen atoms in total. The molecule has 0 atom stereocenters. The number of hydrogen-bond acceptors (Lipinski definition) is 7. The fourth-order valence-corrected chi connectivity index (χ4v) is 3.90. The number of aromatic nitrogens is 4. The first-order valence-electron chi connectivity index (χ1n) is 11.3. The van der Waals surface area contributed by atoms with Gasteiger partial charge in [0, 0.05) is 36.0 Å². The SMILES string of the molecule is COc1ccc(CNC(=O)CCc2c(C)nc3nc(-c4cc(OC)cc(OC)c4)nn3c2C)cc1. The van der Waals surface area contributed by atoms with Gasteiger partial charge in [0.05, 0.1) is 21.3 Å². The number of benzene rings is 2. The van der Waals surface area contributed by atoms with Crippen LogP contribution in [0.5, 0.6) is 17.2 Å². The van der Waals surface area contributed by atoms with Crippen molar-refractivity contribution in [3.63, 3.8) is 0 Å².